The Hall–Kier alpha value is -0.940. The Morgan fingerprint density at radius 2 is 2.33 bits per heavy atom. The van der Waals surface area contributed by atoms with Gasteiger partial charge in [0.1, 0.15) is 0 Å². The number of nitrogens with zero attached hydrogens (tertiary/aromatic N) is 2. The molecule has 0 spiro atoms. The first-order valence-electron chi connectivity index (χ1n) is 4.37. The molecule has 2 aromatic rings. The van der Waals surface area contributed by atoms with Gasteiger partial charge in [-0.15, -0.1) is 11.3 Å². The van der Waals surface area contributed by atoms with Crippen molar-refractivity contribution in [3.05, 3.63) is 38.3 Å². The Morgan fingerprint density at radius 3 is 2.80 bits per heavy atom. The summed E-state index contributed by atoms with van der Waals surface area (Å²) in [6.45, 7) is 1.84. The summed E-state index contributed by atoms with van der Waals surface area (Å²) in [5.41, 5.74) is 1.43. The van der Waals surface area contributed by atoms with Crippen molar-refractivity contribution >= 4 is 33.0 Å². The average molecular weight is 285 g/mol. The smallest absolute Gasteiger partial charge is 0.207 e. The zero-order chi connectivity index (χ0) is 11.0. The van der Waals surface area contributed by atoms with E-state index in [4.69, 9.17) is 0 Å². The average Bonchev–Trinajstić information content (AvgIpc) is 2.71. The Bertz CT molecular complexity index is 515. The number of thiophene rings is 1. The Balaban J connectivity index is 2.45. The van der Waals surface area contributed by atoms with Crippen LogP contribution in [0.5, 0.6) is 0 Å². The second-order valence-corrected chi connectivity index (χ2v) is 5.00. The summed E-state index contributed by atoms with van der Waals surface area (Å²) in [4.78, 5) is 12.8. The van der Waals surface area contributed by atoms with Crippen LogP contribution in [0.25, 0.3) is 0 Å². The first kappa shape index (κ1) is 10.6. The van der Waals surface area contributed by atoms with E-state index in [1.54, 1.807) is 10.9 Å². The van der Waals surface area contributed by atoms with Gasteiger partial charge in [0.25, 0.3) is 0 Å². The highest BCUT2D eigenvalue weighted by molar-refractivity contribution is 9.10. The van der Waals surface area contributed by atoms with Crippen LogP contribution in [0, 0.1) is 6.92 Å². The van der Waals surface area contributed by atoms with E-state index in [1.165, 1.54) is 11.3 Å². The molecule has 0 bridgehead atoms. The van der Waals surface area contributed by atoms with Crippen molar-refractivity contribution in [2.24, 2.45) is 7.05 Å². The van der Waals surface area contributed by atoms with E-state index < -0.39 is 0 Å². The van der Waals surface area contributed by atoms with Crippen LogP contribution in [0.1, 0.15) is 20.9 Å². The van der Waals surface area contributed by atoms with Gasteiger partial charge in [-0.1, -0.05) is 0 Å². The minimum atomic E-state index is 0.0301. The van der Waals surface area contributed by atoms with Crippen molar-refractivity contribution in [3.63, 3.8) is 0 Å². The minimum absolute atomic E-state index is 0.0301. The third-order valence-electron chi connectivity index (χ3n) is 2.08. The lowest BCUT2D eigenvalue weighted by Crippen LogP contribution is -1.99. The van der Waals surface area contributed by atoms with Crippen LogP contribution >= 0.6 is 27.3 Å². The van der Waals surface area contributed by atoms with Crippen LogP contribution in [0.3, 0.4) is 0 Å². The molecule has 15 heavy (non-hydrogen) atoms. The Kier molecular flexibility index (Phi) is 2.75. The van der Waals surface area contributed by atoms with Crippen LogP contribution in [-0.2, 0) is 7.05 Å². The molecule has 0 saturated carbocycles. The van der Waals surface area contributed by atoms with Crippen LogP contribution in [-0.4, -0.2) is 15.6 Å². The number of rotatable bonds is 2. The molecule has 0 atom stereocenters. The lowest BCUT2D eigenvalue weighted by atomic mass is 10.1. The van der Waals surface area contributed by atoms with E-state index in [1.807, 2.05) is 25.4 Å². The molecule has 78 valence electrons. The van der Waals surface area contributed by atoms with Gasteiger partial charge in [0.15, 0.2) is 0 Å². The predicted molar refractivity (Wildman–Crippen MR) is 63.4 cm³/mol. The summed E-state index contributed by atoms with van der Waals surface area (Å²) in [5, 5.41) is 6.05. The van der Waals surface area contributed by atoms with E-state index in [-0.39, 0.29) is 5.78 Å². The van der Waals surface area contributed by atoms with Crippen molar-refractivity contribution in [2.75, 3.05) is 0 Å². The summed E-state index contributed by atoms with van der Waals surface area (Å²) < 4.78 is 2.50. The molecule has 0 aliphatic heterocycles. The standard InChI is InChI=1S/C10H9BrN2OS/c1-6-7(5-13(2)12-6)9(14)10-8(11)3-4-15-10/h3-5H,1-2H3. The van der Waals surface area contributed by atoms with Gasteiger partial charge in [-0.2, -0.15) is 5.10 Å². The molecule has 5 heteroatoms. The molecular weight excluding hydrogens is 276 g/mol. The highest BCUT2D eigenvalue weighted by Crippen LogP contribution is 2.26. The molecule has 0 radical (unpaired) electrons. The maximum atomic E-state index is 12.1. The molecule has 0 amide bonds. The van der Waals surface area contributed by atoms with E-state index >= 15 is 0 Å². The first-order chi connectivity index (χ1) is 7.09. The van der Waals surface area contributed by atoms with E-state index in [2.05, 4.69) is 21.0 Å². The van der Waals surface area contributed by atoms with Gasteiger partial charge in [-0.3, -0.25) is 9.48 Å². The quantitative estimate of drug-likeness (QED) is 0.795. The molecule has 3 nitrogen and oxygen atoms in total. The second kappa shape index (κ2) is 3.90. The lowest BCUT2D eigenvalue weighted by molar-refractivity contribution is 0.104. The summed E-state index contributed by atoms with van der Waals surface area (Å²) >= 11 is 4.79. The van der Waals surface area contributed by atoms with Gasteiger partial charge in [0.2, 0.25) is 5.78 Å². The zero-order valence-corrected chi connectivity index (χ0v) is 10.7. The number of hydrogen-bond acceptors (Lipinski definition) is 3. The monoisotopic (exact) mass is 284 g/mol. The minimum Gasteiger partial charge on any atom is -0.288 e. The zero-order valence-electron chi connectivity index (χ0n) is 8.32. The normalized spacial score (nSPS) is 10.6. The second-order valence-electron chi connectivity index (χ2n) is 3.23. The molecule has 0 aromatic carbocycles. The molecular formula is C10H9BrN2OS. The third-order valence-corrected chi connectivity index (χ3v) is 3.92. The van der Waals surface area contributed by atoms with Gasteiger partial charge in [0.05, 0.1) is 16.1 Å². The van der Waals surface area contributed by atoms with Crippen molar-refractivity contribution in [3.8, 4) is 0 Å². The fourth-order valence-electron chi connectivity index (χ4n) is 1.40. The number of aromatic nitrogens is 2. The molecule has 2 heterocycles. The maximum Gasteiger partial charge on any atom is 0.207 e. The van der Waals surface area contributed by atoms with Gasteiger partial charge < -0.3 is 0 Å². The van der Waals surface area contributed by atoms with E-state index in [9.17, 15) is 4.79 Å². The van der Waals surface area contributed by atoms with Crippen molar-refractivity contribution < 1.29 is 4.79 Å². The third kappa shape index (κ3) is 1.89. The van der Waals surface area contributed by atoms with Crippen LogP contribution in [0.4, 0.5) is 0 Å². The summed E-state index contributed by atoms with van der Waals surface area (Å²) in [6.07, 6.45) is 1.75. The van der Waals surface area contributed by atoms with Crippen LogP contribution in [0.15, 0.2) is 22.1 Å². The van der Waals surface area contributed by atoms with Crippen molar-refractivity contribution in [1.29, 1.82) is 0 Å². The van der Waals surface area contributed by atoms with Crippen LogP contribution in [0.2, 0.25) is 0 Å². The highest BCUT2D eigenvalue weighted by atomic mass is 79.9. The molecule has 0 aliphatic rings. The van der Waals surface area contributed by atoms with Crippen LogP contribution < -0.4 is 0 Å². The number of carbonyl (C=O) groups is 1. The highest BCUT2D eigenvalue weighted by Gasteiger charge is 2.18. The summed E-state index contributed by atoms with van der Waals surface area (Å²) in [6, 6.07) is 1.88. The largest absolute Gasteiger partial charge is 0.288 e. The van der Waals surface area contributed by atoms with E-state index in [0.717, 1.165) is 15.0 Å². The van der Waals surface area contributed by atoms with Crippen molar-refractivity contribution in [1.82, 2.24) is 9.78 Å². The molecule has 0 aliphatic carbocycles. The molecule has 2 rings (SSSR count). The Morgan fingerprint density at radius 1 is 1.60 bits per heavy atom. The van der Waals surface area contributed by atoms with Gasteiger partial charge in [-0.25, -0.2) is 0 Å². The van der Waals surface area contributed by atoms with Crippen molar-refractivity contribution in [2.45, 2.75) is 6.92 Å². The van der Waals surface area contributed by atoms with Gasteiger partial charge in [0, 0.05) is 17.7 Å². The maximum absolute atomic E-state index is 12.1. The number of halogens is 1. The molecule has 0 saturated heterocycles. The first-order valence-corrected chi connectivity index (χ1v) is 6.05. The van der Waals surface area contributed by atoms with E-state index in [0.29, 0.717) is 5.56 Å². The predicted octanol–water partition coefficient (Wildman–Crippen LogP) is 2.78. The van der Waals surface area contributed by atoms with Gasteiger partial charge in [-0.05, 0) is 34.3 Å². The molecule has 0 unspecified atom stereocenters. The Labute approximate surface area is 99.9 Å². The summed E-state index contributed by atoms with van der Waals surface area (Å²) in [5.74, 6) is 0.0301. The molecule has 0 fully saturated rings. The molecule has 2 aromatic heterocycles. The number of ketones is 1. The molecule has 0 N–H and O–H groups in total. The van der Waals surface area contributed by atoms with Gasteiger partial charge >= 0.3 is 0 Å². The topological polar surface area (TPSA) is 34.9 Å². The number of aryl methyl sites for hydroxylation is 2. The summed E-state index contributed by atoms with van der Waals surface area (Å²) in [7, 11) is 1.81. The number of hydrogen-bond donors (Lipinski definition) is 0. The lowest BCUT2D eigenvalue weighted by Gasteiger charge is -1.95. The fourth-order valence-corrected chi connectivity index (χ4v) is 2.91. The SMILES string of the molecule is Cc1nn(C)cc1C(=O)c1sccc1Br. The number of carbonyl (C=O) groups excluding carboxylic acids is 1. The fraction of sp³-hybridized carbons (Fsp3) is 0.200.